The molecular weight excluding hydrogens is 304 g/mol. The molecule has 1 fully saturated rings. The summed E-state index contributed by atoms with van der Waals surface area (Å²) in [6, 6.07) is 9.22. The molecule has 1 unspecified atom stereocenters. The van der Waals surface area contributed by atoms with E-state index in [0.29, 0.717) is 6.04 Å². The summed E-state index contributed by atoms with van der Waals surface area (Å²) in [7, 11) is 1.83. The van der Waals surface area contributed by atoms with Crippen LogP contribution in [0.5, 0.6) is 0 Å². The Balaban J connectivity index is 1.75. The second kappa shape index (κ2) is 9.50. The van der Waals surface area contributed by atoms with E-state index in [1.807, 2.05) is 24.9 Å². The SMILES string of the molecule is C=CCSCCNC(=NC)NC1CCN(c2ccc(C)cc2)C1. The molecule has 2 rings (SSSR count). The van der Waals surface area contributed by atoms with Crippen LogP contribution in [0.1, 0.15) is 12.0 Å². The van der Waals surface area contributed by atoms with Crippen molar-refractivity contribution in [3.8, 4) is 0 Å². The summed E-state index contributed by atoms with van der Waals surface area (Å²) >= 11 is 1.88. The third-order valence-corrected chi connectivity index (χ3v) is 4.89. The lowest BCUT2D eigenvalue weighted by Crippen LogP contribution is -2.45. The maximum atomic E-state index is 4.33. The molecule has 5 heteroatoms. The smallest absolute Gasteiger partial charge is 0.191 e. The predicted molar refractivity (Wildman–Crippen MR) is 104 cm³/mol. The van der Waals surface area contributed by atoms with Gasteiger partial charge in [0.25, 0.3) is 0 Å². The monoisotopic (exact) mass is 332 g/mol. The summed E-state index contributed by atoms with van der Waals surface area (Å²) in [5.41, 5.74) is 2.62. The fourth-order valence-corrected chi connectivity index (χ4v) is 3.24. The van der Waals surface area contributed by atoms with Crippen molar-refractivity contribution in [3.05, 3.63) is 42.5 Å². The van der Waals surface area contributed by atoms with Crippen LogP contribution in [0.15, 0.2) is 41.9 Å². The Kier molecular flexibility index (Phi) is 7.33. The first kappa shape index (κ1) is 17.7. The molecule has 1 aliphatic heterocycles. The number of thioether (sulfide) groups is 1. The first-order valence-corrected chi connectivity index (χ1v) is 9.36. The molecule has 0 bridgehead atoms. The third kappa shape index (κ3) is 5.82. The average Bonchev–Trinajstić information content (AvgIpc) is 3.02. The molecule has 0 spiro atoms. The van der Waals surface area contributed by atoms with E-state index in [-0.39, 0.29) is 0 Å². The van der Waals surface area contributed by atoms with Gasteiger partial charge in [-0.05, 0) is 25.5 Å². The van der Waals surface area contributed by atoms with E-state index < -0.39 is 0 Å². The fourth-order valence-electron chi connectivity index (χ4n) is 2.66. The number of nitrogens with zero attached hydrogens (tertiary/aromatic N) is 2. The summed E-state index contributed by atoms with van der Waals surface area (Å²) in [5, 5.41) is 6.92. The van der Waals surface area contributed by atoms with Crippen molar-refractivity contribution in [2.24, 2.45) is 4.99 Å². The molecule has 1 atom stereocenters. The van der Waals surface area contributed by atoms with Crippen LogP contribution >= 0.6 is 11.8 Å². The Morgan fingerprint density at radius 2 is 2.22 bits per heavy atom. The molecular formula is C18H28N4S. The van der Waals surface area contributed by atoms with Gasteiger partial charge in [-0.15, -0.1) is 6.58 Å². The molecule has 2 N–H and O–H groups in total. The Labute approximate surface area is 144 Å². The summed E-state index contributed by atoms with van der Waals surface area (Å²) in [5.74, 6) is 2.97. The highest BCUT2D eigenvalue weighted by atomic mass is 32.2. The number of rotatable bonds is 7. The third-order valence-electron chi connectivity index (χ3n) is 3.93. The maximum Gasteiger partial charge on any atom is 0.191 e. The van der Waals surface area contributed by atoms with Crippen molar-refractivity contribution < 1.29 is 0 Å². The van der Waals surface area contributed by atoms with Gasteiger partial charge in [-0.2, -0.15) is 11.8 Å². The molecule has 23 heavy (non-hydrogen) atoms. The number of hydrogen-bond acceptors (Lipinski definition) is 3. The quantitative estimate of drug-likeness (QED) is 0.348. The summed E-state index contributed by atoms with van der Waals surface area (Å²) in [6.07, 6.45) is 3.08. The number of nitrogens with one attached hydrogen (secondary N) is 2. The molecule has 0 saturated carbocycles. The minimum absolute atomic E-state index is 0.448. The first-order valence-electron chi connectivity index (χ1n) is 8.20. The van der Waals surface area contributed by atoms with Gasteiger partial charge in [0.2, 0.25) is 0 Å². The van der Waals surface area contributed by atoms with Crippen LogP contribution in [0.2, 0.25) is 0 Å². The highest BCUT2D eigenvalue weighted by molar-refractivity contribution is 7.99. The minimum atomic E-state index is 0.448. The lowest BCUT2D eigenvalue weighted by Gasteiger charge is -2.20. The van der Waals surface area contributed by atoms with E-state index in [1.165, 1.54) is 11.3 Å². The number of aryl methyl sites for hydroxylation is 1. The fraction of sp³-hybridized carbons (Fsp3) is 0.500. The van der Waals surface area contributed by atoms with E-state index in [0.717, 1.165) is 43.5 Å². The van der Waals surface area contributed by atoms with E-state index in [1.54, 1.807) is 0 Å². The van der Waals surface area contributed by atoms with Crippen molar-refractivity contribution in [3.63, 3.8) is 0 Å². The molecule has 0 amide bonds. The number of anilines is 1. The zero-order valence-electron chi connectivity index (χ0n) is 14.2. The number of aliphatic imine (C=N–C) groups is 1. The van der Waals surface area contributed by atoms with E-state index in [2.05, 4.69) is 58.3 Å². The average molecular weight is 333 g/mol. The van der Waals surface area contributed by atoms with Gasteiger partial charge in [-0.25, -0.2) is 0 Å². The van der Waals surface area contributed by atoms with Crippen LogP contribution in [0.4, 0.5) is 5.69 Å². The molecule has 0 radical (unpaired) electrons. The summed E-state index contributed by atoms with van der Waals surface area (Å²) < 4.78 is 0. The highest BCUT2D eigenvalue weighted by Gasteiger charge is 2.23. The van der Waals surface area contributed by atoms with Gasteiger partial charge >= 0.3 is 0 Å². The summed E-state index contributed by atoms with van der Waals surface area (Å²) in [4.78, 5) is 6.76. The van der Waals surface area contributed by atoms with Crippen molar-refractivity contribution in [2.75, 3.05) is 43.1 Å². The van der Waals surface area contributed by atoms with Crippen molar-refractivity contribution in [1.29, 1.82) is 0 Å². The lowest BCUT2D eigenvalue weighted by atomic mass is 10.2. The molecule has 1 heterocycles. The van der Waals surface area contributed by atoms with Crippen LogP contribution in [-0.2, 0) is 0 Å². The normalized spacial score (nSPS) is 18.1. The van der Waals surface area contributed by atoms with Crippen molar-refractivity contribution in [1.82, 2.24) is 10.6 Å². The van der Waals surface area contributed by atoms with Crippen LogP contribution in [-0.4, -0.2) is 50.2 Å². The minimum Gasteiger partial charge on any atom is -0.369 e. The lowest BCUT2D eigenvalue weighted by molar-refractivity contribution is 0.652. The number of hydrogen-bond donors (Lipinski definition) is 2. The van der Waals surface area contributed by atoms with Gasteiger partial charge in [-0.1, -0.05) is 23.8 Å². The zero-order valence-corrected chi connectivity index (χ0v) is 15.0. The molecule has 126 valence electrons. The second-order valence-corrected chi connectivity index (χ2v) is 6.92. The van der Waals surface area contributed by atoms with Gasteiger partial charge < -0.3 is 15.5 Å². The number of guanidine groups is 1. The molecule has 1 saturated heterocycles. The Morgan fingerprint density at radius 1 is 1.43 bits per heavy atom. The van der Waals surface area contributed by atoms with Crippen molar-refractivity contribution in [2.45, 2.75) is 19.4 Å². The van der Waals surface area contributed by atoms with Crippen LogP contribution in [0, 0.1) is 6.92 Å². The molecule has 4 nitrogen and oxygen atoms in total. The van der Waals surface area contributed by atoms with Gasteiger partial charge in [0.1, 0.15) is 0 Å². The van der Waals surface area contributed by atoms with Gasteiger partial charge in [-0.3, -0.25) is 4.99 Å². The predicted octanol–water partition coefficient (Wildman–Crippen LogP) is 2.66. The molecule has 0 aliphatic carbocycles. The van der Waals surface area contributed by atoms with Crippen LogP contribution < -0.4 is 15.5 Å². The van der Waals surface area contributed by atoms with E-state index in [4.69, 9.17) is 0 Å². The topological polar surface area (TPSA) is 39.7 Å². The Hall–Kier alpha value is -1.62. The van der Waals surface area contributed by atoms with Crippen LogP contribution in [0.25, 0.3) is 0 Å². The van der Waals surface area contributed by atoms with Crippen LogP contribution in [0.3, 0.4) is 0 Å². The first-order chi connectivity index (χ1) is 11.2. The standard InChI is InChI=1S/C18H28N4S/c1-4-12-23-13-10-20-18(19-3)21-16-9-11-22(14-16)17-7-5-15(2)6-8-17/h4-8,16H,1,9-14H2,2-3H3,(H2,19,20,21). The largest absolute Gasteiger partial charge is 0.369 e. The van der Waals surface area contributed by atoms with Gasteiger partial charge in [0, 0.05) is 49.9 Å². The second-order valence-electron chi connectivity index (χ2n) is 5.77. The molecule has 1 aromatic carbocycles. The van der Waals surface area contributed by atoms with Crippen molar-refractivity contribution >= 4 is 23.4 Å². The maximum absolute atomic E-state index is 4.33. The Bertz CT molecular complexity index is 512. The summed E-state index contributed by atoms with van der Waals surface area (Å²) in [6.45, 7) is 8.90. The molecule has 1 aromatic rings. The number of benzene rings is 1. The van der Waals surface area contributed by atoms with E-state index >= 15 is 0 Å². The molecule has 0 aromatic heterocycles. The Morgan fingerprint density at radius 3 is 2.91 bits per heavy atom. The van der Waals surface area contributed by atoms with Gasteiger partial charge in [0.15, 0.2) is 5.96 Å². The van der Waals surface area contributed by atoms with E-state index in [9.17, 15) is 0 Å². The van der Waals surface area contributed by atoms with Gasteiger partial charge in [0.05, 0.1) is 0 Å². The molecule has 1 aliphatic rings. The zero-order chi connectivity index (χ0) is 16.5. The highest BCUT2D eigenvalue weighted by Crippen LogP contribution is 2.20.